The van der Waals surface area contributed by atoms with Crippen LogP contribution in [0.5, 0.6) is 0 Å². The van der Waals surface area contributed by atoms with Crippen LogP contribution >= 0.6 is 0 Å². The summed E-state index contributed by atoms with van der Waals surface area (Å²) in [5.74, 6) is 2.40. The first kappa shape index (κ1) is 19.7. The average Bonchev–Trinajstić information content (AvgIpc) is 3.29. The quantitative estimate of drug-likeness (QED) is 0.486. The van der Waals surface area contributed by atoms with Gasteiger partial charge in [0.25, 0.3) is 0 Å². The van der Waals surface area contributed by atoms with E-state index in [1.165, 1.54) is 16.6 Å². The molecule has 8 nitrogen and oxygen atoms in total. The van der Waals surface area contributed by atoms with Crippen molar-refractivity contribution in [3.8, 4) is 6.07 Å². The normalized spacial score (nSPS) is 15.9. The number of hydrogen-bond donors (Lipinski definition) is 0. The first-order valence-electron chi connectivity index (χ1n) is 11.3. The maximum absolute atomic E-state index is 9.38. The number of nitrogens with zero attached hydrogens (tertiary/aromatic N) is 8. The molecule has 6 rings (SSSR count). The van der Waals surface area contributed by atoms with E-state index in [2.05, 4.69) is 56.1 Å². The van der Waals surface area contributed by atoms with Gasteiger partial charge in [0, 0.05) is 31.2 Å². The molecule has 3 aromatic heterocycles. The Morgan fingerprint density at radius 3 is 2.82 bits per heavy atom. The van der Waals surface area contributed by atoms with E-state index >= 15 is 0 Å². The zero-order valence-electron chi connectivity index (χ0n) is 18.5. The van der Waals surface area contributed by atoms with Crippen molar-refractivity contribution in [2.45, 2.75) is 26.4 Å². The highest BCUT2D eigenvalue weighted by Crippen LogP contribution is 2.32. The minimum atomic E-state index is 0.374. The van der Waals surface area contributed by atoms with E-state index in [4.69, 9.17) is 4.98 Å². The van der Waals surface area contributed by atoms with Crippen molar-refractivity contribution in [2.24, 2.45) is 5.92 Å². The van der Waals surface area contributed by atoms with Gasteiger partial charge in [0.15, 0.2) is 11.5 Å². The van der Waals surface area contributed by atoms with Gasteiger partial charge in [-0.2, -0.15) is 10.4 Å². The summed E-state index contributed by atoms with van der Waals surface area (Å²) >= 11 is 0. The summed E-state index contributed by atoms with van der Waals surface area (Å²) in [4.78, 5) is 18.8. The number of benzene rings is 1. The van der Waals surface area contributed by atoms with Crippen molar-refractivity contribution in [2.75, 3.05) is 29.4 Å². The molecule has 0 aliphatic carbocycles. The molecule has 2 aliphatic rings. The summed E-state index contributed by atoms with van der Waals surface area (Å²) in [6.45, 7) is 6.40. The van der Waals surface area contributed by atoms with Crippen molar-refractivity contribution < 1.29 is 0 Å². The third-order valence-electron chi connectivity index (χ3n) is 6.60. The molecule has 4 aromatic rings. The van der Waals surface area contributed by atoms with Crippen molar-refractivity contribution in [3.63, 3.8) is 0 Å². The Morgan fingerprint density at radius 1 is 1.06 bits per heavy atom. The number of rotatable bonds is 4. The summed E-state index contributed by atoms with van der Waals surface area (Å²) < 4.78 is 2.04. The molecule has 5 heterocycles. The van der Waals surface area contributed by atoms with Crippen molar-refractivity contribution in [1.82, 2.24) is 24.7 Å². The number of aryl methyl sites for hydroxylation is 1. The van der Waals surface area contributed by atoms with E-state index in [1.54, 1.807) is 6.20 Å². The Morgan fingerprint density at radius 2 is 1.94 bits per heavy atom. The Bertz CT molecular complexity index is 1380. The lowest BCUT2D eigenvalue weighted by atomic mass is 9.93. The second kappa shape index (κ2) is 7.85. The van der Waals surface area contributed by atoms with Gasteiger partial charge < -0.3 is 9.80 Å². The topological polar surface area (TPSA) is 86.8 Å². The highest BCUT2D eigenvalue weighted by atomic mass is 15.3. The molecule has 0 spiro atoms. The minimum Gasteiger partial charge on any atom is -0.356 e. The maximum atomic E-state index is 9.38. The van der Waals surface area contributed by atoms with E-state index in [-0.39, 0.29) is 0 Å². The van der Waals surface area contributed by atoms with E-state index in [1.807, 2.05) is 29.1 Å². The first-order chi connectivity index (χ1) is 16.2. The van der Waals surface area contributed by atoms with Crippen LogP contribution in [0.2, 0.25) is 0 Å². The summed E-state index contributed by atoms with van der Waals surface area (Å²) in [7, 11) is 0. The molecule has 8 heteroatoms. The number of para-hydroxylation sites is 1. The maximum Gasteiger partial charge on any atom is 0.159 e. The van der Waals surface area contributed by atoms with Crippen LogP contribution in [0.1, 0.15) is 22.6 Å². The molecular weight excluding hydrogens is 412 g/mol. The van der Waals surface area contributed by atoms with E-state index < -0.39 is 0 Å². The Balaban J connectivity index is 1.21. The molecule has 0 unspecified atom stereocenters. The lowest BCUT2D eigenvalue weighted by molar-refractivity contribution is 0.400. The van der Waals surface area contributed by atoms with Gasteiger partial charge in [-0.3, -0.25) is 4.68 Å². The van der Waals surface area contributed by atoms with Gasteiger partial charge in [0.05, 0.1) is 36.2 Å². The SMILES string of the molecule is Cc1cc2ccccc2nc1N1CC(Cc2nc(C#N)cnc2N2CCn3nccc3C2)C1. The summed E-state index contributed by atoms with van der Waals surface area (Å²) in [6, 6.07) is 14.7. The summed E-state index contributed by atoms with van der Waals surface area (Å²) in [5.41, 5.74) is 4.68. The highest BCUT2D eigenvalue weighted by Gasteiger charge is 2.31. The van der Waals surface area contributed by atoms with Crippen LogP contribution < -0.4 is 9.80 Å². The fraction of sp³-hybridized carbons (Fsp3) is 0.320. The van der Waals surface area contributed by atoms with Crippen LogP contribution in [0, 0.1) is 24.2 Å². The third kappa shape index (κ3) is 3.55. The zero-order chi connectivity index (χ0) is 22.4. The molecule has 1 aromatic carbocycles. The number of pyridine rings is 1. The van der Waals surface area contributed by atoms with Crippen LogP contribution in [0.15, 0.2) is 48.8 Å². The second-order valence-electron chi connectivity index (χ2n) is 8.90. The third-order valence-corrected chi connectivity index (χ3v) is 6.60. The number of anilines is 2. The highest BCUT2D eigenvalue weighted by molar-refractivity contribution is 5.81. The predicted octanol–water partition coefficient (Wildman–Crippen LogP) is 3.10. The molecule has 2 aliphatic heterocycles. The van der Waals surface area contributed by atoms with Crippen LogP contribution in [0.25, 0.3) is 10.9 Å². The summed E-state index contributed by atoms with van der Waals surface area (Å²) in [5, 5.41) is 14.9. The van der Waals surface area contributed by atoms with Crippen LogP contribution in [0.4, 0.5) is 11.6 Å². The van der Waals surface area contributed by atoms with Gasteiger partial charge in [0.1, 0.15) is 11.9 Å². The first-order valence-corrected chi connectivity index (χ1v) is 11.3. The van der Waals surface area contributed by atoms with Crippen molar-refractivity contribution in [3.05, 3.63) is 71.4 Å². The fourth-order valence-corrected chi connectivity index (χ4v) is 4.92. The Hall–Kier alpha value is -3.99. The van der Waals surface area contributed by atoms with Gasteiger partial charge in [0.2, 0.25) is 0 Å². The van der Waals surface area contributed by atoms with E-state index in [0.29, 0.717) is 11.6 Å². The number of nitriles is 1. The molecule has 0 radical (unpaired) electrons. The zero-order valence-corrected chi connectivity index (χ0v) is 18.5. The molecule has 0 N–H and O–H groups in total. The Kier molecular flexibility index (Phi) is 4.68. The van der Waals surface area contributed by atoms with Crippen LogP contribution in [-0.2, 0) is 19.5 Å². The van der Waals surface area contributed by atoms with Gasteiger partial charge >= 0.3 is 0 Å². The molecule has 0 atom stereocenters. The number of aromatic nitrogens is 5. The minimum absolute atomic E-state index is 0.374. The Labute approximate surface area is 192 Å². The summed E-state index contributed by atoms with van der Waals surface area (Å²) in [6.07, 6.45) is 4.23. The number of hydrogen-bond acceptors (Lipinski definition) is 7. The second-order valence-corrected chi connectivity index (χ2v) is 8.90. The smallest absolute Gasteiger partial charge is 0.159 e. The van der Waals surface area contributed by atoms with Crippen LogP contribution in [0.3, 0.4) is 0 Å². The van der Waals surface area contributed by atoms with Gasteiger partial charge in [-0.15, -0.1) is 0 Å². The molecule has 0 bridgehead atoms. The molecule has 0 amide bonds. The van der Waals surface area contributed by atoms with Gasteiger partial charge in [-0.1, -0.05) is 18.2 Å². The molecule has 0 saturated carbocycles. The fourth-order valence-electron chi connectivity index (χ4n) is 4.92. The van der Waals surface area contributed by atoms with Crippen LogP contribution in [-0.4, -0.2) is 44.4 Å². The lowest BCUT2D eigenvalue weighted by Gasteiger charge is -2.41. The van der Waals surface area contributed by atoms with Gasteiger partial charge in [-0.25, -0.2) is 15.0 Å². The lowest BCUT2D eigenvalue weighted by Crippen LogP contribution is -2.48. The monoisotopic (exact) mass is 436 g/mol. The largest absolute Gasteiger partial charge is 0.356 e. The molecule has 1 fully saturated rings. The number of fused-ring (bicyclic) bond motifs is 2. The molecule has 1 saturated heterocycles. The van der Waals surface area contributed by atoms with Crippen molar-refractivity contribution >= 4 is 22.5 Å². The predicted molar refractivity (Wildman–Crippen MR) is 126 cm³/mol. The molecular formula is C25H24N8. The van der Waals surface area contributed by atoms with Gasteiger partial charge in [-0.05, 0) is 43.0 Å². The van der Waals surface area contributed by atoms with E-state index in [0.717, 1.165) is 62.0 Å². The van der Waals surface area contributed by atoms with Crippen molar-refractivity contribution in [1.29, 1.82) is 5.26 Å². The molecule has 33 heavy (non-hydrogen) atoms. The molecule has 164 valence electrons. The van der Waals surface area contributed by atoms with E-state index in [9.17, 15) is 5.26 Å². The average molecular weight is 437 g/mol. The standard InChI is InChI=1S/C25H24N8/c1-17-10-19-4-2-3-5-22(19)30-24(17)32-14-18(15-32)11-23-25(27-13-20(12-26)29-23)31-8-9-33-21(16-31)6-7-28-33/h2-7,10,13,18H,8-9,11,14-16H2,1H3.